The number of aromatic nitrogens is 6. The van der Waals surface area contributed by atoms with Gasteiger partial charge in [0.15, 0.2) is 5.65 Å². The second-order valence-electron chi connectivity index (χ2n) is 3.32. The molecule has 3 aromatic heterocycles. The fourth-order valence-corrected chi connectivity index (χ4v) is 1.65. The Kier molecular flexibility index (Phi) is 1.90. The monoisotopic (exact) mass is 234 g/mol. The van der Waals surface area contributed by atoms with Crippen LogP contribution in [0.25, 0.3) is 16.9 Å². The molecular formula is C9H7ClN6. The van der Waals surface area contributed by atoms with E-state index in [4.69, 9.17) is 11.6 Å². The molecule has 3 heterocycles. The van der Waals surface area contributed by atoms with Crippen LogP contribution in [0.1, 0.15) is 0 Å². The van der Waals surface area contributed by atoms with Gasteiger partial charge in [-0.25, -0.2) is 4.52 Å². The van der Waals surface area contributed by atoms with Gasteiger partial charge < -0.3 is 0 Å². The number of nitrogens with zero attached hydrogens (tertiary/aromatic N) is 6. The second kappa shape index (κ2) is 3.28. The fourth-order valence-electron chi connectivity index (χ4n) is 1.49. The van der Waals surface area contributed by atoms with Gasteiger partial charge in [0, 0.05) is 18.8 Å². The minimum atomic E-state index is 0.233. The van der Waals surface area contributed by atoms with E-state index in [1.54, 1.807) is 17.8 Å². The predicted octanol–water partition coefficient (Wildman–Crippen LogP) is 1.18. The van der Waals surface area contributed by atoms with Crippen LogP contribution in [0.15, 0.2) is 24.5 Å². The highest BCUT2D eigenvalue weighted by molar-refractivity contribution is 6.28. The number of hydrogen-bond donors (Lipinski definition) is 0. The van der Waals surface area contributed by atoms with E-state index < -0.39 is 0 Å². The number of aryl methyl sites for hydroxylation is 1. The van der Waals surface area contributed by atoms with Gasteiger partial charge in [-0.05, 0) is 23.7 Å². The highest BCUT2D eigenvalue weighted by Crippen LogP contribution is 2.16. The summed E-state index contributed by atoms with van der Waals surface area (Å²) in [4.78, 5) is 5.54. The molecular weight excluding hydrogens is 228 g/mol. The van der Waals surface area contributed by atoms with Crippen LogP contribution in [0.5, 0.6) is 0 Å². The largest absolute Gasteiger partial charge is 0.243 e. The molecule has 0 radical (unpaired) electrons. The molecule has 0 N–H and O–H groups in total. The van der Waals surface area contributed by atoms with Crippen molar-refractivity contribution >= 4 is 17.2 Å². The van der Waals surface area contributed by atoms with Gasteiger partial charge in [0.25, 0.3) is 0 Å². The fraction of sp³-hybridized carbons (Fsp3) is 0.111. The van der Waals surface area contributed by atoms with E-state index >= 15 is 0 Å². The van der Waals surface area contributed by atoms with E-state index in [2.05, 4.69) is 20.3 Å². The van der Waals surface area contributed by atoms with Crippen molar-refractivity contribution < 1.29 is 0 Å². The molecule has 0 aliphatic rings. The summed E-state index contributed by atoms with van der Waals surface area (Å²) in [5.41, 5.74) is 2.41. The number of rotatable bonds is 1. The van der Waals surface area contributed by atoms with Crippen molar-refractivity contribution in [3.63, 3.8) is 0 Å². The molecule has 0 unspecified atom stereocenters. The molecule has 16 heavy (non-hydrogen) atoms. The van der Waals surface area contributed by atoms with Crippen LogP contribution in [0.2, 0.25) is 5.28 Å². The molecule has 0 spiro atoms. The molecule has 3 rings (SSSR count). The molecule has 7 heteroatoms. The van der Waals surface area contributed by atoms with Gasteiger partial charge in [-0.15, -0.1) is 5.10 Å². The average molecular weight is 235 g/mol. The van der Waals surface area contributed by atoms with Gasteiger partial charge in [-0.2, -0.15) is 20.0 Å². The molecule has 0 amide bonds. The molecule has 6 nitrogen and oxygen atoms in total. The SMILES string of the molecule is Cn1ncc(-c2ccc3nc(Cl)nn3c2)n1. The van der Waals surface area contributed by atoms with E-state index in [0.717, 1.165) is 11.3 Å². The van der Waals surface area contributed by atoms with Gasteiger partial charge in [0.05, 0.1) is 6.20 Å². The van der Waals surface area contributed by atoms with E-state index in [1.807, 2.05) is 18.3 Å². The molecule has 0 atom stereocenters. The van der Waals surface area contributed by atoms with Crippen molar-refractivity contribution in [1.29, 1.82) is 0 Å². The van der Waals surface area contributed by atoms with Crippen LogP contribution in [-0.2, 0) is 7.05 Å². The average Bonchev–Trinajstić information content (AvgIpc) is 2.81. The maximum Gasteiger partial charge on any atom is 0.243 e. The number of pyridine rings is 1. The van der Waals surface area contributed by atoms with Crippen LogP contribution in [0, 0.1) is 0 Å². The van der Waals surface area contributed by atoms with Crippen molar-refractivity contribution in [2.45, 2.75) is 0 Å². The molecule has 0 aromatic carbocycles. The lowest BCUT2D eigenvalue weighted by Crippen LogP contribution is -1.93. The second-order valence-corrected chi connectivity index (χ2v) is 3.66. The lowest BCUT2D eigenvalue weighted by molar-refractivity contribution is 0.655. The molecule has 0 fully saturated rings. The van der Waals surface area contributed by atoms with Crippen molar-refractivity contribution in [3.05, 3.63) is 29.8 Å². The van der Waals surface area contributed by atoms with E-state index in [9.17, 15) is 0 Å². The first-order valence-electron chi connectivity index (χ1n) is 4.61. The third-order valence-electron chi connectivity index (χ3n) is 2.20. The van der Waals surface area contributed by atoms with Gasteiger partial charge >= 0.3 is 0 Å². The van der Waals surface area contributed by atoms with E-state index in [-0.39, 0.29) is 5.28 Å². The lowest BCUT2D eigenvalue weighted by Gasteiger charge is -1.96. The molecule has 0 aliphatic carbocycles. The third kappa shape index (κ3) is 1.43. The Labute approximate surface area is 95.5 Å². The summed E-state index contributed by atoms with van der Waals surface area (Å²) < 4.78 is 1.62. The van der Waals surface area contributed by atoms with Gasteiger partial charge in [-0.3, -0.25) is 0 Å². The molecule has 0 saturated carbocycles. The summed E-state index contributed by atoms with van der Waals surface area (Å²) >= 11 is 5.71. The Morgan fingerprint density at radius 3 is 2.88 bits per heavy atom. The zero-order valence-corrected chi connectivity index (χ0v) is 9.13. The Hall–Kier alpha value is -1.95. The Balaban J connectivity index is 2.17. The minimum absolute atomic E-state index is 0.233. The molecule has 0 aliphatic heterocycles. The predicted molar refractivity (Wildman–Crippen MR) is 58.0 cm³/mol. The highest BCUT2D eigenvalue weighted by Gasteiger charge is 2.05. The van der Waals surface area contributed by atoms with Crippen LogP contribution in [-0.4, -0.2) is 29.6 Å². The number of halogens is 1. The normalized spacial score (nSPS) is 11.1. The third-order valence-corrected chi connectivity index (χ3v) is 2.36. The Morgan fingerprint density at radius 2 is 2.12 bits per heavy atom. The van der Waals surface area contributed by atoms with Crippen molar-refractivity contribution in [3.8, 4) is 11.3 Å². The van der Waals surface area contributed by atoms with Crippen LogP contribution in [0.4, 0.5) is 0 Å². The maximum atomic E-state index is 5.71. The zero-order valence-electron chi connectivity index (χ0n) is 8.37. The van der Waals surface area contributed by atoms with Crippen molar-refractivity contribution in [2.24, 2.45) is 7.05 Å². The first-order valence-corrected chi connectivity index (χ1v) is 4.99. The molecule has 80 valence electrons. The topological polar surface area (TPSA) is 60.9 Å². The summed E-state index contributed by atoms with van der Waals surface area (Å²) in [5, 5.41) is 12.5. The van der Waals surface area contributed by atoms with Crippen molar-refractivity contribution in [2.75, 3.05) is 0 Å². The lowest BCUT2D eigenvalue weighted by atomic mass is 10.2. The first-order chi connectivity index (χ1) is 7.72. The first kappa shape index (κ1) is 9.29. The Morgan fingerprint density at radius 1 is 1.25 bits per heavy atom. The van der Waals surface area contributed by atoms with Gasteiger partial charge in [-0.1, -0.05) is 0 Å². The summed E-state index contributed by atoms with van der Waals surface area (Å²) in [5.74, 6) is 0. The molecule has 3 aromatic rings. The number of hydrogen-bond acceptors (Lipinski definition) is 4. The highest BCUT2D eigenvalue weighted by atomic mass is 35.5. The number of fused-ring (bicyclic) bond motifs is 1. The molecule has 0 saturated heterocycles. The molecule has 0 bridgehead atoms. The van der Waals surface area contributed by atoms with Crippen LogP contribution < -0.4 is 0 Å². The van der Waals surface area contributed by atoms with Crippen molar-refractivity contribution in [1.82, 2.24) is 29.6 Å². The van der Waals surface area contributed by atoms with Gasteiger partial charge in [0.2, 0.25) is 5.28 Å². The quantitative estimate of drug-likeness (QED) is 0.634. The van der Waals surface area contributed by atoms with E-state index in [0.29, 0.717) is 5.65 Å². The summed E-state index contributed by atoms with van der Waals surface area (Å²) in [6.07, 6.45) is 3.51. The summed E-state index contributed by atoms with van der Waals surface area (Å²) in [7, 11) is 1.77. The van der Waals surface area contributed by atoms with Crippen LogP contribution in [0.3, 0.4) is 0 Å². The zero-order chi connectivity index (χ0) is 11.1. The summed E-state index contributed by atoms with van der Waals surface area (Å²) in [6, 6.07) is 3.74. The van der Waals surface area contributed by atoms with Crippen LogP contribution >= 0.6 is 11.6 Å². The Bertz CT molecular complexity index is 655. The van der Waals surface area contributed by atoms with E-state index in [1.165, 1.54) is 4.80 Å². The minimum Gasteiger partial charge on any atom is -0.219 e. The van der Waals surface area contributed by atoms with Gasteiger partial charge in [0.1, 0.15) is 5.69 Å². The standard InChI is InChI=1S/C9H7ClN6/c1-15-11-4-7(13-15)6-2-3-8-12-9(10)14-16(8)5-6/h2-5H,1H3. The smallest absolute Gasteiger partial charge is 0.219 e. The maximum absolute atomic E-state index is 5.71. The summed E-state index contributed by atoms with van der Waals surface area (Å²) in [6.45, 7) is 0.